The molecule has 1 aromatic carbocycles. The number of rotatable bonds is 5. The highest BCUT2D eigenvalue weighted by Gasteiger charge is 2.25. The monoisotopic (exact) mass is 311 g/mol. The summed E-state index contributed by atoms with van der Waals surface area (Å²) in [4.78, 5) is 14.4. The van der Waals surface area contributed by atoms with Crippen LogP contribution in [0.3, 0.4) is 0 Å². The van der Waals surface area contributed by atoms with Crippen molar-refractivity contribution in [3.05, 3.63) is 35.4 Å². The smallest absolute Gasteiger partial charge is 0.224 e. The third-order valence-corrected chi connectivity index (χ3v) is 3.98. The number of hydrogen-bond donors (Lipinski definition) is 2. The van der Waals surface area contributed by atoms with E-state index in [0.717, 1.165) is 32.5 Å². The maximum absolute atomic E-state index is 12.0. The van der Waals surface area contributed by atoms with Gasteiger partial charge in [-0.1, -0.05) is 24.3 Å². The second-order valence-electron chi connectivity index (χ2n) is 5.58. The van der Waals surface area contributed by atoms with Gasteiger partial charge in [0.1, 0.15) is 0 Å². The van der Waals surface area contributed by atoms with Gasteiger partial charge in [-0.05, 0) is 37.4 Å². The normalized spacial score (nSPS) is 18.9. The lowest BCUT2D eigenvalue weighted by Crippen LogP contribution is -2.43. The fraction of sp³-hybridized carbons (Fsp3) is 0.562. The molecule has 1 amide bonds. The first-order valence-electron chi connectivity index (χ1n) is 7.45. The van der Waals surface area contributed by atoms with Gasteiger partial charge in [0.25, 0.3) is 0 Å². The predicted molar refractivity (Wildman–Crippen MR) is 88.5 cm³/mol. The van der Waals surface area contributed by atoms with Crippen molar-refractivity contribution >= 4 is 18.3 Å². The van der Waals surface area contributed by atoms with Crippen LogP contribution in [-0.2, 0) is 11.3 Å². The Morgan fingerprint density at radius 3 is 2.90 bits per heavy atom. The Morgan fingerprint density at radius 2 is 2.19 bits per heavy atom. The average molecular weight is 312 g/mol. The maximum atomic E-state index is 12.0. The first-order valence-corrected chi connectivity index (χ1v) is 7.45. The summed E-state index contributed by atoms with van der Waals surface area (Å²) in [6, 6.07) is 8.47. The number of nitrogens with two attached hydrogens (primary N) is 1. The Labute approximate surface area is 133 Å². The molecule has 1 aromatic rings. The summed E-state index contributed by atoms with van der Waals surface area (Å²) in [6.45, 7) is 6.09. The fourth-order valence-electron chi connectivity index (χ4n) is 2.78. The molecule has 2 rings (SSSR count). The molecule has 1 saturated heterocycles. The summed E-state index contributed by atoms with van der Waals surface area (Å²) in [6.07, 6.45) is 2.08. The van der Waals surface area contributed by atoms with Crippen LogP contribution in [0.2, 0.25) is 0 Å². The molecule has 21 heavy (non-hydrogen) atoms. The van der Waals surface area contributed by atoms with Crippen molar-refractivity contribution in [2.45, 2.75) is 26.3 Å². The minimum atomic E-state index is 0. The summed E-state index contributed by atoms with van der Waals surface area (Å²) in [5, 5.41) is 2.91. The fourth-order valence-corrected chi connectivity index (χ4v) is 2.78. The second kappa shape index (κ2) is 9.03. The highest BCUT2D eigenvalue weighted by molar-refractivity contribution is 5.85. The zero-order chi connectivity index (χ0) is 14.4. The lowest BCUT2D eigenvalue weighted by Gasteiger charge is -2.32. The van der Waals surface area contributed by atoms with Gasteiger partial charge in [0.05, 0.1) is 5.92 Å². The topological polar surface area (TPSA) is 58.4 Å². The van der Waals surface area contributed by atoms with Gasteiger partial charge in [0, 0.05) is 26.2 Å². The van der Waals surface area contributed by atoms with Gasteiger partial charge in [-0.25, -0.2) is 0 Å². The van der Waals surface area contributed by atoms with Crippen LogP contribution in [0.25, 0.3) is 0 Å². The average Bonchev–Trinajstić information content (AvgIpc) is 2.47. The molecule has 0 spiro atoms. The summed E-state index contributed by atoms with van der Waals surface area (Å²) in [5.74, 6) is 0.268. The van der Waals surface area contributed by atoms with Gasteiger partial charge in [-0.15, -0.1) is 12.4 Å². The highest BCUT2D eigenvalue weighted by atomic mass is 35.5. The van der Waals surface area contributed by atoms with Crippen molar-refractivity contribution in [3.63, 3.8) is 0 Å². The molecular weight excluding hydrogens is 286 g/mol. The molecule has 1 aliphatic rings. The molecule has 1 heterocycles. The van der Waals surface area contributed by atoms with Crippen LogP contribution in [-0.4, -0.2) is 37.0 Å². The number of nitrogens with one attached hydrogen (secondary N) is 1. The van der Waals surface area contributed by atoms with Crippen LogP contribution < -0.4 is 11.1 Å². The molecule has 1 aliphatic heterocycles. The number of carbonyl (C=O) groups is 1. The molecule has 1 fully saturated rings. The summed E-state index contributed by atoms with van der Waals surface area (Å²) < 4.78 is 0. The molecule has 0 bridgehead atoms. The second-order valence-corrected chi connectivity index (χ2v) is 5.58. The van der Waals surface area contributed by atoms with E-state index in [1.54, 1.807) is 0 Å². The number of nitrogens with zero attached hydrogens (tertiary/aromatic N) is 1. The number of hydrogen-bond acceptors (Lipinski definition) is 3. The van der Waals surface area contributed by atoms with Gasteiger partial charge in [0.15, 0.2) is 0 Å². The summed E-state index contributed by atoms with van der Waals surface area (Å²) in [5.41, 5.74) is 8.11. The Hall–Kier alpha value is -1.10. The van der Waals surface area contributed by atoms with E-state index in [-0.39, 0.29) is 24.2 Å². The minimum absolute atomic E-state index is 0. The van der Waals surface area contributed by atoms with E-state index in [9.17, 15) is 4.79 Å². The van der Waals surface area contributed by atoms with Gasteiger partial charge in [0.2, 0.25) is 5.91 Å². The van der Waals surface area contributed by atoms with Crippen molar-refractivity contribution in [2.24, 2.45) is 11.7 Å². The third kappa shape index (κ3) is 5.30. The molecule has 118 valence electrons. The van der Waals surface area contributed by atoms with E-state index in [1.807, 2.05) is 0 Å². The zero-order valence-corrected chi connectivity index (χ0v) is 13.5. The van der Waals surface area contributed by atoms with E-state index in [4.69, 9.17) is 5.73 Å². The third-order valence-electron chi connectivity index (χ3n) is 3.98. The van der Waals surface area contributed by atoms with Gasteiger partial charge in [-0.3, -0.25) is 9.69 Å². The number of piperidine rings is 1. The molecule has 0 aliphatic carbocycles. The SMILES string of the molecule is Cc1ccccc1CN1CCCC(C(=O)NCCN)C1.Cl. The van der Waals surface area contributed by atoms with E-state index in [1.165, 1.54) is 11.1 Å². The summed E-state index contributed by atoms with van der Waals surface area (Å²) in [7, 11) is 0. The Morgan fingerprint density at radius 1 is 1.43 bits per heavy atom. The van der Waals surface area contributed by atoms with Crippen LogP contribution in [0.5, 0.6) is 0 Å². The minimum Gasteiger partial charge on any atom is -0.355 e. The molecule has 1 unspecified atom stereocenters. The Balaban J connectivity index is 0.00000220. The van der Waals surface area contributed by atoms with Crippen molar-refractivity contribution in [1.29, 1.82) is 0 Å². The molecule has 0 saturated carbocycles. The highest BCUT2D eigenvalue weighted by Crippen LogP contribution is 2.19. The molecule has 3 N–H and O–H groups in total. The Kier molecular flexibility index (Phi) is 7.72. The largest absolute Gasteiger partial charge is 0.355 e. The standard InChI is InChI=1S/C16H25N3O.ClH/c1-13-5-2-3-6-14(13)11-19-10-4-7-15(12-19)16(20)18-9-8-17;/h2-3,5-6,15H,4,7-12,17H2,1H3,(H,18,20);1H. The first kappa shape index (κ1) is 18.0. The van der Waals surface area contributed by atoms with E-state index in [2.05, 4.69) is 41.4 Å². The molecule has 4 nitrogen and oxygen atoms in total. The lowest BCUT2D eigenvalue weighted by molar-refractivity contribution is -0.126. The van der Waals surface area contributed by atoms with Crippen LogP contribution in [0, 0.1) is 12.8 Å². The van der Waals surface area contributed by atoms with Crippen molar-refractivity contribution < 1.29 is 4.79 Å². The molecule has 5 heteroatoms. The first-order chi connectivity index (χ1) is 9.70. The number of halogens is 1. The van der Waals surface area contributed by atoms with Crippen LogP contribution in [0.15, 0.2) is 24.3 Å². The molecule has 1 atom stereocenters. The number of likely N-dealkylation sites (tertiary alicyclic amines) is 1. The van der Waals surface area contributed by atoms with Crippen molar-refractivity contribution in [2.75, 3.05) is 26.2 Å². The molecule has 0 aromatic heterocycles. The quantitative estimate of drug-likeness (QED) is 0.870. The van der Waals surface area contributed by atoms with Crippen molar-refractivity contribution in [1.82, 2.24) is 10.2 Å². The van der Waals surface area contributed by atoms with E-state index < -0.39 is 0 Å². The Bertz CT molecular complexity index is 453. The van der Waals surface area contributed by atoms with Crippen LogP contribution >= 0.6 is 12.4 Å². The number of carbonyl (C=O) groups excluding carboxylic acids is 1. The van der Waals surface area contributed by atoms with Crippen molar-refractivity contribution in [3.8, 4) is 0 Å². The number of benzene rings is 1. The maximum Gasteiger partial charge on any atom is 0.224 e. The molecular formula is C16H26ClN3O. The van der Waals surface area contributed by atoms with E-state index in [0.29, 0.717) is 13.1 Å². The number of aryl methyl sites for hydroxylation is 1. The van der Waals surface area contributed by atoms with Crippen LogP contribution in [0.1, 0.15) is 24.0 Å². The van der Waals surface area contributed by atoms with Gasteiger partial charge >= 0.3 is 0 Å². The predicted octanol–water partition coefficient (Wildman–Crippen LogP) is 1.70. The van der Waals surface area contributed by atoms with E-state index >= 15 is 0 Å². The van der Waals surface area contributed by atoms with Gasteiger partial charge in [-0.2, -0.15) is 0 Å². The molecule has 0 radical (unpaired) electrons. The number of amides is 1. The lowest BCUT2D eigenvalue weighted by atomic mass is 9.96. The zero-order valence-electron chi connectivity index (χ0n) is 12.7. The van der Waals surface area contributed by atoms with Gasteiger partial charge < -0.3 is 11.1 Å². The van der Waals surface area contributed by atoms with Crippen LogP contribution in [0.4, 0.5) is 0 Å². The summed E-state index contributed by atoms with van der Waals surface area (Å²) >= 11 is 0.